The van der Waals surface area contributed by atoms with Crippen molar-refractivity contribution in [2.45, 2.75) is 19.8 Å². The van der Waals surface area contributed by atoms with Crippen LogP contribution in [0.5, 0.6) is 0 Å². The second-order valence-corrected chi connectivity index (χ2v) is 8.94. The van der Waals surface area contributed by atoms with Gasteiger partial charge in [-0.25, -0.2) is 0 Å². The maximum Gasteiger partial charge on any atom is 0.293 e. The van der Waals surface area contributed by atoms with Crippen LogP contribution in [0.25, 0.3) is 33.0 Å². The van der Waals surface area contributed by atoms with Gasteiger partial charge in [0.05, 0.1) is 10.6 Å². The number of hydrogen-bond acceptors (Lipinski definition) is 3. The quantitative estimate of drug-likeness (QED) is 0.204. The maximum atomic E-state index is 12.1. The third kappa shape index (κ3) is 4.38. The lowest BCUT2D eigenvalue weighted by Crippen LogP contribution is -2.03. The number of nitro benzene ring substituents is 1. The minimum Gasteiger partial charge on any atom is -0.348 e. The van der Waals surface area contributed by atoms with Crippen molar-refractivity contribution in [3.8, 4) is 22.3 Å². The van der Waals surface area contributed by atoms with Crippen LogP contribution in [-0.4, -0.2) is 4.92 Å². The molecule has 0 amide bonds. The molecule has 0 radical (unpaired) electrons. The lowest BCUT2D eigenvalue weighted by molar-refractivity contribution is -0.383. The van der Waals surface area contributed by atoms with E-state index in [2.05, 4.69) is 55.6 Å². The van der Waals surface area contributed by atoms with Crippen molar-refractivity contribution in [1.29, 1.82) is 0 Å². The van der Waals surface area contributed by atoms with Crippen LogP contribution in [0.2, 0.25) is 0 Å². The predicted molar refractivity (Wildman–Crippen MR) is 145 cm³/mol. The van der Waals surface area contributed by atoms with Crippen LogP contribution in [0.15, 0.2) is 109 Å². The van der Waals surface area contributed by atoms with Crippen molar-refractivity contribution in [2.24, 2.45) is 0 Å². The zero-order valence-corrected chi connectivity index (χ0v) is 19.7. The molecule has 0 heterocycles. The molecule has 0 unspecified atom stereocenters. The third-order valence-electron chi connectivity index (χ3n) is 6.35. The molecule has 4 heteroatoms. The first kappa shape index (κ1) is 22.4. The number of benzene rings is 5. The molecule has 0 aliphatic heterocycles. The monoisotopic (exact) mass is 458 g/mol. The van der Waals surface area contributed by atoms with Crippen LogP contribution < -0.4 is 5.32 Å². The summed E-state index contributed by atoms with van der Waals surface area (Å²) in [4.78, 5) is 11.8. The Labute approximate surface area is 205 Å². The van der Waals surface area contributed by atoms with Crippen LogP contribution in [0.4, 0.5) is 17.1 Å². The van der Waals surface area contributed by atoms with Gasteiger partial charge < -0.3 is 5.32 Å². The van der Waals surface area contributed by atoms with Gasteiger partial charge in [0.1, 0.15) is 5.69 Å². The molecule has 35 heavy (non-hydrogen) atoms. The lowest BCUT2D eigenvalue weighted by Gasteiger charge is -2.21. The molecule has 4 nitrogen and oxygen atoms in total. The van der Waals surface area contributed by atoms with Crippen LogP contribution in [0, 0.1) is 10.1 Å². The fraction of sp³-hybridized carbons (Fsp3) is 0.0968. The Kier molecular flexibility index (Phi) is 6.02. The highest BCUT2D eigenvalue weighted by Crippen LogP contribution is 2.44. The SMILES string of the molecule is CC(C)c1cc(-c2ccccc2)c(Nc2c([N+](=O)[O-])ccc3ccccc23)c(-c2ccccc2)c1. The summed E-state index contributed by atoms with van der Waals surface area (Å²) in [7, 11) is 0. The average molecular weight is 459 g/mol. The standard InChI is InChI=1S/C31H26N2O2/c1-21(2)25-19-27(22-11-5-3-6-12-22)30(28(20-25)23-13-7-4-8-14-23)32-31-26-16-10-9-15-24(26)17-18-29(31)33(34)35/h3-21,32H,1-2H3. The highest BCUT2D eigenvalue weighted by molar-refractivity contribution is 6.03. The molecule has 0 spiro atoms. The topological polar surface area (TPSA) is 55.2 Å². The highest BCUT2D eigenvalue weighted by atomic mass is 16.6. The highest BCUT2D eigenvalue weighted by Gasteiger charge is 2.22. The van der Waals surface area contributed by atoms with Crippen molar-refractivity contribution in [2.75, 3.05) is 5.32 Å². The molecule has 0 atom stereocenters. The van der Waals surface area contributed by atoms with Gasteiger partial charge in [-0.15, -0.1) is 0 Å². The van der Waals surface area contributed by atoms with Crippen molar-refractivity contribution in [1.82, 2.24) is 0 Å². The first-order valence-electron chi connectivity index (χ1n) is 11.7. The predicted octanol–water partition coefficient (Wildman–Crippen LogP) is 8.95. The van der Waals surface area contributed by atoms with Crippen molar-refractivity contribution >= 4 is 27.8 Å². The minimum atomic E-state index is -0.318. The van der Waals surface area contributed by atoms with E-state index in [1.165, 1.54) is 5.56 Å². The first-order chi connectivity index (χ1) is 17.0. The van der Waals surface area contributed by atoms with Gasteiger partial charge >= 0.3 is 0 Å². The van der Waals surface area contributed by atoms with Gasteiger partial charge in [0.25, 0.3) is 5.69 Å². The number of nitrogens with one attached hydrogen (secondary N) is 1. The van der Waals surface area contributed by atoms with E-state index in [-0.39, 0.29) is 10.6 Å². The van der Waals surface area contributed by atoms with Crippen LogP contribution in [0.3, 0.4) is 0 Å². The van der Waals surface area contributed by atoms with Crippen LogP contribution in [-0.2, 0) is 0 Å². The summed E-state index contributed by atoms with van der Waals surface area (Å²) in [6.07, 6.45) is 0. The summed E-state index contributed by atoms with van der Waals surface area (Å²) >= 11 is 0. The molecular weight excluding hydrogens is 432 g/mol. The zero-order chi connectivity index (χ0) is 24.4. The van der Waals surface area contributed by atoms with E-state index in [9.17, 15) is 10.1 Å². The number of rotatable bonds is 6. The molecule has 0 bridgehead atoms. The largest absolute Gasteiger partial charge is 0.348 e. The minimum absolute atomic E-state index is 0.0506. The van der Waals surface area contributed by atoms with E-state index in [4.69, 9.17) is 0 Å². The summed E-state index contributed by atoms with van der Waals surface area (Å²) in [6.45, 7) is 4.36. The molecule has 5 aromatic carbocycles. The molecule has 1 N–H and O–H groups in total. The van der Waals surface area contributed by atoms with Crippen molar-refractivity contribution in [3.05, 3.63) is 125 Å². The Morgan fingerprint density at radius 2 is 1.23 bits per heavy atom. The second kappa shape index (κ2) is 9.43. The fourth-order valence-electron chi connectivity index (χ4n) is 4.49. The Balaban J connectivity index is 1.84. The molecule has 5 aromatic rings. The smallest absolute Gasteiger partial charge is 0.293 e. The van der Waals surface area contributed by atoms with Gasteiger partial charge in [-0.05, 0) is 46.2 Å². The summed E-state index contributed by atoms with van der Waals surface area (Å²) in [5, 5.41) is 17.4. The molecule has 0 fully saturated rings. The molecule has 5 rings (SSSR count). The van der Waals surface area contributed by atoms with Crippen molar-refractivity contribution < 1.29 is 4.92 Å². The molecule has 0 aliphatic carbocycles. The summed E-state index contributed by atoms with van der Waals surface area (Å²) < 4.78 is 0. The first-order valence-corrected chi connectivity index (χ1v) is 11.7. The van der Waals surface area contributed by atoms with Gasteiger partial charge in [0.15, 0.2) is 0 Å². The van der Waals surface area contributed by atoms with E-state index < -0.39 is 0 Å². The number of nitrogens with zero attached hydrogens (tertiary/aromatic N) is 1. The van der Waals surface area contributed by atoms with E-state index in [1.807, 2.05) is 60.7 Å². The average Bonchev–Trinajstić information content (AvgIpc) is 2.89. The molecule has 0 aliphatic rings. The summed E-state index contributed by atoms with van der Waals surface area (Å²) in [6, 6.07) is 35.9. The number of anilines is 2. The van der Waals surface area contributed by atoms with E-state index in [0.717, 1.165) is 38.7 Å². The van der Waals surface area contributed by atoms with Gasteiger partial charge in [-0.1, -0.05) is 98.8 Å². The molecular formula is C31H26N2O2. The Morgan fingerprint density at radius 3 is 1.77 bits per heavy atom. The van der Waals surface area contributed by atoms with Crippen LogP contribution >= 0.6 is 0 Å². The molecule has 0 aromatic heterocycles. The zero-order valence-electron chi connectivity index (χ0n) is 19.7. The van der Waals surface area contributed by atoms with Gasteiger partial charge in [0, 0.05) is 22.6 Å². The maximum absolute atomic E-state index is 12.1. The normalized spacial score (nSPS) is 11.1. The number of nitro groups is 1. The molecule has 0 saturated carbocycles. The van der Waals surface area contributed by atoms with E-state index >= 15 is 0 Å². The summed E-state index contributed by atoms with van der Waals surface area (Å²) in [5.41, 5.74) is 6.74. The van der Waals surface area contributed by atoms with Crippen molar-refractivity contribution in [3.63, 3.8) is 0 Å². The molecule has 0 saturated heterocycles. The van der Waals surface area contributed by atoms with E-state index in [0.29, 0.717) is 11.6 Å². The van der Waals surface area contributed by atoms with Gasteiger partial charge in [-0.3, -0.25) is 10.1 Å². The Bertz CT molecular complexity index is 1450. The third-order valence-corrected chi connectivity index (χ3v) is 6.35. The lowest BCUT2D eigenvalue weighted by atomic mass is 9.89. The summed E-state index contributed by atoms with van der Waals surface area (Å²) in [5.74, 6) is 0.320. The van der Waals surface area contributed by atoms with Crippen LogP contribution in [0.1, 0.15) is 25.3 Å². The fourth-order valence-corrected chi connectivity index (χ4v) is 4.49. The number of fused-ring (bicyclic) bond motifs is 1. The van der Waals surface area contributed by atoms with Gasteiger partial charge in [0.2, 0.25) is 0 Å². The molecule has 172 valence electrons. The Hall–Kier alpha value is -4.44. The van der Waals surface area contributed by atoms with E-state index in [1.54, 1.807) is 12.1 Å². The Morgan fingerprint density at radius 1 is 0.686 bits per heavy atom. The number of hydrogen-bond donors (Lipinski definition) is 1. The van der Waals surface area contributed by atoms with Gasteiger partial charge in [-0.2, -0.15) is 0 Å². The second-order valence-electron chi connectivity index (χ2n) is 8.94.